The molecule has 1 aromatic rings. The van der Waals surface area contributed by atoms with Crippen LogP contribution in [0.4, 0.5) is 0 Å². The largest absolute Gasteiger partial charge is 0.480 e. The maximum absolute atomic E-state index is 12.1. The molecule has 0 aromatic heterocycles. The van der Waals surface area contributed by atoms with Gasteiger partial charge in [0.1, 0.15) is 6.04 Å². The fourth-order valence-electron chi connectivity index (χ4n) is 1.86. The summed E-state index contributed by atoms with van der Waals surface area (Å²) in [6.45, 7) is 0. The summed E-state index contributed by atoms with van der Waals surface area (Å²) >= 11 is 4.03. The first kappa shape index (κ1) is 18.0. The van der Waals surface area contributed by atoms with E-state index in [9.17, 15) is 19.5 Å². The highest BCUT2D eigenvalue weighted by Gasteiger charge is 2.26. The van der Waals surface area contributed by atoms with Crippen LogP contribution in [-0.2, 0) is 25.5 Å². The van der Waals surface area contributed by atoms with E-state index in [1.165, 1.54) is 7.11 Å². The van der Waals surface area contributed by atoms with E-state index >= 15 is 0 Å². The van der Waals surface area contributed by atoms with E-state index in [0.29, 0.717) is 0 Å². The lowest BCUT2D eigenvalue weighted by Crippen LogP contribution is -2.45. The van der Waals surface area contributed by atoms with E-state index in [4.69, 9.17) is 0 Å². The van der Waals surface area contributed by atoms with Gasteiger partial charge in [-0.2, -0.15) is 12.6 Å². The standard InChI is InChI=1S/C15H19NO5S/c1-21-13(17)8-11(9-22)14(18)16-12(15(19)20)7-10-5-3-2-4-6-10/h2-6,11-12,22H,7-9H2,1H3,(H,16,18)(H,19,20)/t11?,12-/m0/s1. The smallest absolute Gasteiger partial charge is 0.326 e. The van der Waals surface area contributed by atoms with Crippen LogP contribution < -0.4 is 5.32 Å². The molecule has 120 valence electrons. The number of benzene rings is 1. The summed E-state index contributed by atoms with van der Waals surface area (Å²) in [5.41, 5.74) is 0.797. The Morgan fingerprint density at radius 3 is 2.41 bits per heavy atom. The number of carboxylic acid groups (broad SMARTS) is 1. The quantitative estimate of drug-likeness (QED) is 0.488. The van der Waals surface area contributed by atoms with Gasteiger partial charge in [0.15, 0.2) is 0 Å². The minimum Gasteiger partial charge on any atom is -0.480 e. The predicted molar refractivity (Wildman–Crippen MR) is 83.7 cm³/mol. The lowest BCUT2D eigenvalue weighted by atomic mass is 10.0. The summed E-state index contributed by atoms with van der Waals surface area (Å²) in [6, 6.07) is 7.92. The molecule has 22 heavy (non-hydrogen) atoms. The minimum absolute atomic E-state index is 0.124. The SMILES string of the molecule is COC(=O)CC(CS)C(=O)N[C@@H](Cc1ccccc1)C(=O)O. The van der Waals surface area contributed by atoms with E-state index in [1.54, 1.807) is 24.3 Å². The van der Waals surface area contributed by atoms with Gasteiger partial charge in [0.2, 0.25) is 5.91 Å². The number of carboxylic acids is 1. The summed E-state index contributed by atoms with van der Waals surface area (Å²) in [5.74, 6) is -2.80. The van der Waals surface area contributed by atoms with Crippen LogP contribution in [0.3, 0.4) is 0 Å². The predicted octanol–water partition coefficient (Wildman–Crippen LogP) is 0.908. The minimum atomic E-state index is -1.13. The van der Waals surface area contributed by atoms with Crippen LogP contribution in [-0.4, -0.2) is 41.9 Å². The van der Waals surface area contributed by atoms with Gasteiger partial charge < -0.3 is 15.2 Å². The highest BCUT2D eigenvalue weighted by Crippen LogP contribution is 2.09. The molecule has 1 aromatic carbocycles. The number of methoxy groups -OCH3 is 1. The molecule has 6 nitrogen and oxygen atoms in total. The first-order chi connectivity index (χ1) is 10.5. The van der Waals surface area contributed by atoms with Crippen molar-refractivity contribution in [1.29, 1.82) is 0 Å². The van der Waals surface area contributed by atoms with Crippen LogP contribution in [0.15, 0.2) is 30.3 Å². The fraction of sp³-hybridized carbons (Fsp3) is 0.400. The molecular formula is C15H19NO5S. The summed E-state index contributed by atoms with van der Waals surface area (Å²) in [6.07, 6.45) is 0.0307. The molecular weight excluding hydrogens is 306 g/mol. The number of esters is 1. The zero-order chi connectivity index (χ0) is 16.5. The van der Waals surface area contributed by atoms with Crippen LogP contribution in [0.5, 0.6) is 0 Å². The first-order valence-corrected chi connectivity index (χ1v) is 7.36. The van der Waals surface area contributed by atoms with Gasteiger partial charge in [0, 0.05) is 12.2 Å². The van der Waals surface area contributed by atoms with Crippen LogP contribution in [0.2, 0.25) is 0 Å². The van der Waals surface area contributed by atoms with Crippen molar-refractivity contribution in [3.05, 3.63) is 35.9 Å². The van der Waals surface area contributed by atoms with Crippen molar-refractivity contribution in [3.8, 4) is 0 Å². The normalized spacial score (nSPS) is 13.0. The highest BCUT2D eigenvalue weighted by molar-refractivity contribution is 7.80. The highest BCUT2D eigenvalue weighted by atomic mass is 32.1. The number of aliphatic carboxylic acids is 1. The van der Waals surface area contributed by atoms with Crippen LogP contribution >= 0.6 is 12.6 Å². The molecule has 0 bridgehead atoms. The van der Waals surface area contributed by atoms with Gasteiger partial charge in [-0.3, -0.25) is 9.59 Å². The Hall–Kier alpha value is -2.02. The number of hydrogen-bond acceptors (Lipinski definition) is 5. The lowest BCUT2D eigenvalue weighted by Gasteiger charge is -2.18. The van der Waals surface area contributed by atoms with Gasteiger partial charge in [0.25, 0.3) is 0 Å². The number of amides is 1. The summed E-state index contributed by atoms with van der Waals surface area (Å²) in [7, 11) is 1.23. The van der Waals surface area contributed by atoms with Crippen LogP contribution in [0.1, 0.15) is 12.0 Å². The summed E-state index contributed by atoms with van der Waals surface area (Å²) < 4.78 is 4.51. The Balaban J connectivity index is 2.71. The summed E-state index contributed by atoms with van der Waals surface area (Å²) in [5, 5.41) is 11.7. The topological polar surface area (TPSA) is 92.7 Å². The van der Waals surface area contributed by atoms with E-state index in [-0.39, 0.29) is 18.6 Å². The monoisotopic (exact) mass is 325 g/mol. The Morgan fingerprint density at radius 2 is 1.91 bits per heavy atom. The van der Waals surface area contributed by atoms with Gasteiger partial charge >= 0.3 is 11.9 Å². The summed E-state index contributed by atoms with van der Waals surface area (Å²) in [4.78, 5) is 34.6. The molecule has 1 rings (SSSR count). The molecule has 0 spiro atoms. The number of carbonyl (C=O) groups excluding carboxylic acids is 2. The Morgan fingerprint density at radius 1 is 1.27 bits per heavy atom. The molecule has 0 saturated heterocycles. The molecule has 0 fully saturated rings. The second-order valence-corrected chi connectivity index (χ2v) is 5.11. The third kappa shape index (κ3) is 5.77. The number of rotatable bonds is 8. The molecule has 2 N–H and O–H groups in total. The van der Waals surface area contributed by atoms with Gasteiger partial charge in [0.05, 0.1) is 19.4 Å². The number of nitrogens with one attached hydrogen (secondary N) is 1. The number of ether oxygens (including phenoxy) is 1. The third-order valence-corrected chi connectivity index (χ3v) is 3.57. The van der Waals surface area contributed by atoms with E-state index in [1.807, 2.05) is 6.07 Å². The maximum atomic E-state index is 12.1. The van der Waals surface area contributed by atoms with Crippen LogP contribution in [0, 0.1) is 5.92 Å². The van der Waals surface area contributed by atoms with Gasteiger partial charge in [-0.1, -0.05) is 30.3 Å². The van der Waals surface area contributed by atoms with Crippen molar-refractivity contribution in [3.63, 3.8) is 0 Å². The third-order valence-electron chi connectivity index (χ3n) is 3.13. The second-order valence-electron chi connectivity index (χ2n) is 4.75. The van der Waals surface area contributed by atoms with Crippen molar-refractivity contribution >= 4 is 30.5 Å². The van der Waals surface area contributed by atoms with Crippen LogP contribution in [0.25, 0.3) is 0 Å². The average Bonchev–Trinajstić information content (AvgIpc) is 2.52. The van der Waals surface area contributed by atoms with Gasteiger partial charge in [-0.15, -0.1) is 0 Å². The lowest BCUT2D eigenvalue weighted by molar-refractivity contribution is -0.145. The Kier molecular flexibility index (Phi) is 7.45. The van der Waals surface area contributed by atoms with E-state index in [2.05, 4.69) is 22.7 Å². The van der Waals surface area contributed by atoms with Crippen molar-refractivity contribution in [2.24, 2.45) is 5.92 Å². The molecule has 2 atom stereocenters. The molecule has 0 aliphatic rings. The Bertz CT molecular complexity index is 520. The number of thiol groups is 1. The van der Waals surface area contributed by atoms with Gasteiger partial charge in [-0.05, 0) is 5.56 Å². The zero-order valence-electron chi connectivity index (χ0n) is 12.2. The van der Waals surface area contributed by atoms with Crippen molar-refractivity contribution in [2.75, 3.05) is 12.9 Å². The first-order valence-electron chi connectivity index (χ1n) is 6.72. The molecule has 0 radical (unpaired) electrons. The van der Waals surface area contributed by atoms with E-state index in [0.717, 1.165) is 5.56 Å². The molecule has 0 aliphatic carbocycles. The number of carbonyl (C=O) groups is 3. The maximum Gasteiger partial charge on any atom is 0.326 e. The Labute approximate surface area is 134 Å². The average molecular weight is 325 g/mol. The van der Waals surface area contributed by atoms with Crippen molar-refractivity contribution in [2.45, 2.75) is 18.9 Å². The molecule has 1 amide bonds. The second kappa shape index (κ2) is 9.09. The van der Waals surface area contributed by atoms with E-state index < -0.39 is 29.8 Å². The molecule has 0 aliphatic heterocycles. The molecule has 7 heteroatoms. The van der Waals surface area contributed by atoms with Crippen molar-refractivity contribution < 1.29 is 24.2 Å². The fourth-order valence-corrected chi connectivity index (χ4v) is 2.16. The van der Waals surface area contributed by atoms with Gasteiger partial charge in [-0.25, -0.2) is 4.79 Å². The molecule has 1 unspecified atom stereocenters. The molecule has 0 saturated carbocycles. The van der Waals surface area contributed by atoms with Crippen molar-refractivity contribution in [1.82, 2.24) is 5.32 Å². The zero-order valence-corrected chi connectivity index (χ0v) is 13.1. The molecule has 0 heterocycles. The number of hydrogen-bond donors (Lipinski definition) is 3.